The number of rotatable bonds is 36. The molecule has 2 aliphatic carbocycles. The summed E-state index contributed by atoms with van der Waals surface area (Å²) in [5.41, 5.74) is 17.7. The summed E-state index contributed by atoms with van der Waals surface area (Å²) in [7, 11) is 0. The van der Waals surface area contributed by atoms with Crippen LogP contribution in [-0.4, -0.2) is 39.6 Å². The van der Waals surface area contributed by atoms with E-state index in [1.54, 1.807) is 13.8 Å². The molecule has 0 aliphatic heterocycles. The maximum absolute atomic E-state index is 11.6. The molecule has 458 valence electrons. The first-order chi connectivity index (χ1) is 42.6. The zero-order chi connectivity index (χ0) is 60.6. The van der Waals surface area contributed by atoms with E-state index in [9.17, 15) is 4.79 Å². The second-order valence-electron chi connectivity index (χ2n) is 25.1. The molecule has 10 rings (SSSR count). The van der Waals surface area contributed by atoms with Gasteiger partial charge >= 0.3 is 17.8 Å². The number of carbonyl (C=O) groups excluding carboxylic acids is 1. The van der Waals surface area contributed by atoms with Crippen molar-refractivity contribution in [3.63, 3.8) is 0 Å². The molecule has 5 aromatic carbocycles. The Balaban J connectivity index is 0.897. The number of esters is 1. The molecule has 0 unspecified atom stereocenters. The summed E-state index contributed by atoms with van der Waals surface area (Å²) in [5.74, 6) is 2.04. The molecule has 0 saturated carbocycles. The van der Waals surface area contributed by atoms with Gasteiger partial charge in [0.05, 0.1) is 13.2 Å². The Labute approximate surface area is 523 Å². The van der Waals surface area contributed by atoms with Crippen LogP contribution in [0.3, 0.4) is 0 Å². The maximum Gasteiger partial charge on any atom is 0.333 e. The van der Waals surface area contributed by atoms with Gasteiger partial charge in [0.2, 0.25) is 11.8 Å². The van der Waals surface area contributed by atoms with Crippen molar-refractivity contribution in [2.75, 3.05) is 13.2 Å². The van der Waals surface area contributed by atoms with E-state index < -0.39 is 0 Å². The molecular weight excluding hydrogens is 1090 g/mol. The fourth-order valence-corrected chi connectivity index (χ4v) is 14.9. The Morgan fingerprint density at radius 1 is 0.437 bits per heavy atom. The molecule has 87 heavy (non-hydrogen) atoms. The van der Waals surface area contributed by atoms with Crippen LogP contribution in [0.15, 0.2) is 130 Å². The van der Waals surface area contributed by atoms with Crippen molar-refractivity contribution >= 4 is 17.3 Å². The Kier molecular flexibility index (Phi) is 22.0. The van der Waals surface area contributed by atoms with Crippen molar-refractivity contribution in [2.45, 2.75) is 219 Å². The monoisotopic (exact) mass is 1190 g/mol. The fourth-order valence-electron chi connectivity index (χ4n) is 13.9. The Hall–Kier alpha value is -6.91. The van der Waals surface area contributed by atoms with E-state index in [-0.39, 0.29) is 28.6 Å². The number of unbranched alkanes of at least 4 members (excludes halogenated alkanes) is 17. The van der Waals surface area contributed by atoms with Gasteiger partial charge in [-0.25, -0.2) is 4.79 Å². The normalized spacial score (nSPS) is 13.4. The third-order valence-corrected chi connectivity index (χ3v) is 19.9. The number of benzene rings is 5. The Bertz CT molecular complexity index is 3530. The summed E-state index contributed by atoms with van der Waals surface area (Å²) < 4.78 is 23.4. The minimum atomic E-state index is -0.285. The molecule has 0 spiro atoms. The number of aromatic nitrogens is 4. The van der Waals surface area contributed by atoms with Crippen LogP contribution in [0, 0.1) is 6.92 Å². The first-order valence-corrected chi connectivity index (χ1v) is 34.3. The quantitative estimate of drug-likeness (QED) is 0.0215. The number of aryl methyl sites for hydroxylation is 1. The Morgan fingerprint density at radius 3 is 1.33 bits per heavy atom. The third kappa shape index (κ3) is 14.7. The van der Waals surface area contributed by atoms with Gasteiger partial charge < -0.3 is 18.3 Å². The van der Waals surface area contributed by atoms with Gasteiger partial charge in [0, 0.05) is 38.6 Å². The van der Waals surface area contributed by atoms with Crippen molar-refractivity contribution in [3.8, 4) is 83.2 Å². The van der Waals surface area contributed by atoms with E-state index in [0.717, 1.165) is 62.9 Å². The molecule has 0 radical (unpaired) electrons. The van der Waals surface area contributed by atoms with Gasteiger partial charge in [0.1, 0.15) is 5.75 Å². The van der Waals surface area contributed by atoms with Gasteiger partial charge in [-0.2, -0.15) is 0 Å². The van der Waals surface area contributed by atoms with Crippen molar-refractivity contribution in [3.05, 3.63) is 149 Å². The van der Waals surface area contributed by atoms with E-state index in [4.69, 9.17) is 18.3 Å². The van der Waals surface area contributed by atoms with Gasteiger partial charge in [-0.3, -0.25) is 0 Å². The number of ether oxygens (including phenoxy) is 2. The lowest BCUT2D eigenvalue weighted by molar-refractivity contribution is -0.139. The highest BCUT2D eigenvalue weighted by molar-refractivity contribution is 7.18. The van der Waals surface area contributed by atoms with Gasteiger partial charge in [-0.1, -0.05) is 205 Å². The second kappa shape index (κ2) is 30.3. The Morgan fingerprint density at radius 2 is 0.828 bits per heavy atom. The number of thiophene rings is 1. The largest absolute Gasteiger partial charge is 0.494 e. The van der Waals surface area contributed by atoms with Crippen LogP contribution in [0.25, 0.3) is 77.5 Å². The molecule has 3 aromatic heterocycles. The molecule has 2 aliphatic rings. The second-order valence-corrected chi connectivity index (χ2v) is 26.1. The topological polar surface area (TPSA) is 113 Å². The van der Waals surface area contributed by atoms with E-state index >= 15 is 0 Å². The summed E-state index contributed by atoms with van der Waals surface area (Å²) in [5, 5.41) is 17.0. The number of hydrogen-bond acceptors (Lipinski definition) is 10. The standard InChI is InChI=1S/C77H94N4O5S/c1-8-12-16-26-46-77(47-27-17-13-9-2)67-51-58(33-39-63(67)65-41-35-60(53-69(65)77)72-79-81-74(86-72)73-80-78-55(7)85-73)57-32-38-62-64-40-34-59(52-68(64)76(66(62)50-57,44-24-14-10-3)45-25-15-11-4)71-43-42-70(87-71)56-30-36-61(37-31-56)83-48-28-22-20-18-19-21-23-29-49-84-75(82)54(5)6/h30-43,50-53H,5,8-29,44-49H2,1-4,6-7H3. The summed E-state index contributed by atoms with van der Waals surface area (Å²) in [6, 6.07) is 42.6. The number of nitrogens with zero attached hydrogens (tertiary/aromatic N) is 4. The van der Waals surface area contributed by atoms with Gasteiger partial charge in [0.25, 0.3) is 0 Å². The predicted molar refractivity (Wildman–Crippen MR) is 358 cm³/mol. The van der Waals surface area contributed by atoms with Crippen LogP contribution in [0.1, 0.15) is 230 Å². The summed E-state index contributed by atoms with van der Waals surface area (Å²) in [6.45, 7) is 17.6. The molecule has 0 amide bonds. The van der Waals surface area contributed by atoms with Gasteiger partial charge in [0.15, 0.2) is 0 Å². The minimum absolute atomic E-state index is 0.0788. The number of hydrogen-bond donors (Lipinski definition) is 0. The molecule has 0 fully saturated rings. The van der Waals surface area contributed by atoms with Crippen LogP contribution in [0.5, 0.6) is 5.75 Å². The van der Waals surface area contributed by atoms with Crippen LogP contribution >= 0.6 is 11.3 Å². The van der Waals surface area contributed by atoms with Crippen LogP contribution in [0.2, 0.25) is 0 Å². The molecule has 0 atom stereocenters. The minimum Gasteiger partial charge on any atom is -0.494 e. The van der Waals surface area contributed by atoms with E-state index in [2.05, 4.69) is 164 Å². The third-order valence-electron chi connectivity index (χ3n) is 18.7. The molecule has 8 aromatic rings. The molecule has 0 saturated heterocycles. The molecule has 0 N–H and O–H groups in total. The molecule has 9 nitrogen and oxygen atoms in total. The fraction of sp³-hybridized carbons (Fsp3) is 0.468. The molecule has 3 heterocycles. The molecule has 10 heteroatoms. The molecular formula is C77H94N4O5S. The zero-order valence-electron chi connectivity index (χ0n) is 53.1. The number of fused-ring (bicyclic) bond motifs is 6. The van der Waals surface area contributed by atoms with Crippen molar-refractivity contribution in [2.24, 2.45) is 0 Å². The lowest BCUT2D eigenvalue weighted by atomic mass is 9.69. The average Bonchev–Trinajstić information content (AvgIpc) is 1.63. The van der Waals surface area contributed by atoms with Crippen molar-refractivity contribution in [1.82, 2.24) is 20.4 Å². The lowest BCUT2D eigenvalue weighted by Crippen LogP contribution is -2.26. The van der Waals surface area contributed by atoms with E-state index in [0.29, 0.717) is 24.0 Å². The predicted octanol–water partition coefficient (Wildman–Crippen LogP) is 22.4. The van der Waals surface area contributed by atoms with E-state index in [1.165, 1.54) is 199 Å². The summed E-state index contributed by atoms with van der Waals surface area (Å²) in [6.07, 6.45) is 30.6. The van der Waals surface area contributed by atoms with Gasteiger partial charge in [-0.05, 0) is 179 Å². The summed E-state index contributed by atoms with van der Waals surface area (Å²) in [4.78, 5) is 14.1. The van der Waals surface area contributed by atoms with Crippen LogP contribution < -0.4 is 4.74 Å². The average molecular weight is 1190 g/mol. The summed E-state index contributed by atoms with van der Waals surface area (Å²) >= 11 is 1.89. The zero-order valence-corrected chi connectivity index (χ0v) is 54.0. The van der Waals surface area contributed by atoms with Crippen molar-refractivity contribution < 1.29 is 23.1 Å². The molecule has 0 bridgehead atoms. The SMILES string of the molecule is C=C(C)C(=O)OCCCCCCCCCCOc1ccc(-c2ccc(-c3ccc4c(c3)C(CCCCC)(CCCCC)c3cc(-c5ccc6c(c5)C(CCCCCC)(CCCCCC)c5cc(-c7nnc(-c8nnc(C)o8)o7)ccc5-6)ccc3-4)s2)cc1. The highest BCUT2D eigenvalue weighted by atomic mass is 32.1. The van der Waals surface area contributed by atoms with Crippen LogP contribution in [-0.2, 0) is 20.4 Å². The van der Waals surface area contributed by atoms with Crippen LogP contribution in [0.4, 0.5) is 0 Å². The maximum atomic E-state index is 11.6. The van der Waals surface area contributed by atoms with Gasteiger partial charge in [-0.15, -0.1) is 31.7 Å². The first kappa shape index (κ1) is 63.1. The van der Waals surface area contributed by atoms with E-state index in [1.807, 2.05) is 11.3 Å². The van der Waals surface area contributed by atoms with Crippen molar-refractivity contribution in [1.29, 1.82) is 0 Å². The highest BCUT2D eigenvalue weighted by Crippen LogP contribution is 2.58. The highest BCUT2D eigenvalue weighted by Gasteiger charge is 2.45. The first-order valence-electron chi connectivity index (χ1n) is 33.5. The number of carbonyl (C=O) groups is 1. The smallest absolute Gasteiger partial charge is 0.333 e. The lowest BCUT2D eigenvalue weighted by Gasteiger charge is -2.34.